The normalized spacial score (nSPS) is 12.8. The zero-order valence-electron chi connectivity index (χ0n) is 12.6. The first-order chi connectivity index (χ1) is 9.65. The first kappa shape index (κ1) is 17.8. The molecule has 0 aromatic heterocycles. The number of aryl methyl sites for hydroxylation is 2. The summed E-state index contributed by atoms with van der Waals surface area (Å²) in [6, 6.07) is 3.20. The van der Waals surface area contributed by atoms with Gasteiger partial charge in [0.2, 0.25) is 0 Å². The number of halogens is 1. The quantitative estimate of drug-likeness (QED) is 0.812. The zero-order chi connectivity index (χ0) is 16.2. The second-order valence-electron chi connectivity index (χ2n) is 4.99. The molecule has 5 nitrogen and oxygen atoms in total. The van der Waals surface area contributed by atoms with Crippen molar-refractivity contribution in [3.63, 3.8) is 0 Å². The third-order valence-corrected chi connectivity index (χ3v) is 4.66. The Morgan fingerprint density at radius 2 is 1.86 bits per heavy atom. The van der Waals surface area contributed by atoms with Gasteiger partial charge < -0.3 is 10.1 Å². The summed E-state index contributed by atoms with van der Waals surface area (Å²) < 4.78 is 28.3. The van der Waals surface area contributed by atoms with Crippen molar-refractivity contribution in [2.75, 3.05) is 6.61 Å². The lowest BCUT2D eigenvalue weighted by molar-refractivity contribution is -0.123. The highest BCUT2D eigenvalue weighted by molar-refractivity contribution is 8.13. The van der Waals surface area contributed by atoms with Crippen LogP contribution >= 0.6 is 10.7 Å². The van der Waals surface area contributed by atoms with Crippen molar-refractivity contribution >= 4 is 25.6 Å². The predicted molar refractivity (Wildman–Crippen MR) is 82.3 cm³/mol. The second kappa shape index (κ2) is 7.13. The number of carbonyl (C=O) groups excluding carboxylic acids is 1. The summed E-state index contributed by atoms with van der Waals surface area (Å²) in [7, 11) is 1.60. The minimum atomic E-state index is -3.79. The molecular formula is C14H20ClNO4S. The summed E-state index contributed by atoms with van der Waals surface area (Å²) in [4.78, 5) is 11.7. The number of rotatable bonds is 6. The Morgan fingerprint density at radius 3 is 2.29 bits per heavy atom. The van der Waals surface area contributed by atoms with Gasteiger partial charge in [-0.05, 0) is 50.5 Å². The monoisotopic (exact) mass is 333 g/mol. The van der Waals surface area contributed by atoms with Crippen LogP contribution in [0.5, 0.6) is 5.75 Å². The Labute approximate surface area is 130 Å². The lowest BCUT2D eigenvalue weighted by Crippen LogP contribution is -2.35. The van der Waals surface area contributed by atoms with Gasteiger partial charge in [0.25, 0.3) is 15.0 Å². The summed E-state index contributed by atoms with van der Waals surface area (Å²) in [5.74, 6) is 0.224. The van der Waals surface area contributed by atoms with Gasteiger partial charge in [-0.2, -0.15) is 0 Å². The van der Waals surface area contributed by atoms with Gasteiger partial charge in [-0.1, -0.05) is 6.92 Å². The van der Waals surface area contributed by atoms with Gasteiger partial charge in [0.15, 0.2) is 6.61 Å². The average Bonchev–Trinajstić information content (AvgIpc) is 2.33. The molecule has 0 aliphatic rings. The number of hydrogen-bond acceptors (Lipinski definition) is 4. The summed E-state index contributed by atoms with van der Waals surface area (Å²) in [5.41, 5.74) is 0.977. The van der Waals surface area contributed by atoms with Gasteiger partial charge in [-0.3, -0.25) is 4.79 Å². The topological polar surface area (TPSA) is 72.5 Å². The van der Waals surface area contributed by atoms with Gasteiger partial charge in [-0.15, -0.1) is 0 Å². The van der Waals surface area contributed by atoms with Crippen molar-refractivity contribution in [3.8, 4) is 5.75 Å². The molecule has 0 aliphatic carbocycles. The Hall–Kier alpha value is -1.27. The molecule has 1 atom stereocenters. The van der Waals surface area contributed by atoms with E-state index in [1.54, 1.807) is 26.0 Å². The SMILES string of the molecule is CCC(C)NC(=O)COc1cc(C)c(S(=O)(=O)Cl)c(C)c1. The fourth-order valence-electron chi connectivity index (χ4n) is 1.95. The molecule has 1 aromatic carbocycles. The minimum absolute atomic E-state index is 0.0839. The van der Waals surface area contributed by atoms with Crippen LogP contribution in [0.25, 0.3) is 0 Å². The number of nitrogens with one attached hydrogen (secondary N) is 1. The average molecular weight is 334 g/mol. The molecule has 1 N–H and O–H groups in total. The Kier molecular flexibility index (Phi) is 6.04. The first-order valence-corrected chi connectivity index (χ1v) is 8.94. The first-order valence-electron chi connectivity index (χ1n) is 6.63. The maximum Gasteiger partial charge on any atom is 0.261 e. The molecule has 1 aromatic rings. The maximum absolute atomic E-state index is 11.6. The van der Waals surface area contributed by atoms with E-state index in [9.17, 15) is 13.2 Å². The molecule has 21 heavy (non-hydrogen) atoms. The molecule has 1 amide bonds. The molecule has 0 saturated carbocycles. The van der Waals surface area contributed by atoms with E-state index in [4.69, 9.17) is 15.4 Å². The number of carbonyl (C=O) groups is 1. The summed E-state index contributed by atoms with van der Waals surface area (Å²) in [6.07, 6.45) is 0.840. The Morgan fingerprint density at radius 1 is 1.33 bits per heavy atom. The summed E-state index contributed by atoms with van der Waals surface area (Å²) >= 11 is 0. The fourth-order valence-corrected chi connectivity index (χ4v) is 3.56. The van der Waals surface area contributed by atoms with Crippen LogP contribution in [0, 0.1) is 13.8 Å². The lowest BCUT2D eigenvalue weighted by Gasteiger charge is -2.13. The van der Waals surface area contributed by atoms with E-state index in [1.807, 2.05) is 13.8 Å². The maximum atomic E-state index is 11.6. The molecule has 0 aliphatic heterocycles. The van der Waals surface area contributed by atoms with Crippen molar-refractivity contribution in [2.24, 2.45) is 0 Å². The van der Waals surface area contributed by atoms with Gasteiger partial charge in [-0.25, -0.2) is 8.42 Å². The smallest absolute Gasteiger partial charge is 0.261 e. The predicted octanol–water partition coefficient (Wildman–Crippen LogP) is 2.52. The van der Waals surface area contributed by atoms with E-state index in [2.05, 4.69) is 5.32 Å². The van der Waals surface area contributed by atoms with E-state index in [1.165, 1.54) is 0 Å². The summed E-state index contributed by atoms with van der Waals surface area (Å²) in [6.45, 7) is 7.04. The van der Waals surface area contributed by atoms with E-state index < -0.39 is 9.05 Å². The molecule has 118 valence electrons. The van der Waals surface area contributed by atoms with Crippen LogP contribution < -0.4 is 10.1 Å². The largest absolute Gasteiger partial charge is 0.484 e. The molecule has 1 rings (SSSR count). The van der Waals surface area contributed by atoms with Crippen LogP contribution in [0.1, 0.15) is 31.4 Å². The third-order valence-electron chi connectivity index (χ3n) is 3.07. The van der Waals surface area contributed by atoms with Crippen LogP contribution in [0.15, 0.2) is 17.0 Å². The molecule has 0 spiro atoms. The summed E-state index contributed by atoms with van der Waals surface area (Å²) in [5, 5.41) is 2.78. The minimum Gasteiger partial charge on any atom is -0.484 e. The molecular weight excluding hydrogens is 314 g/mol. The van der Waals surface area contributed by atoms with Crippen LogP contribution in [0.4, 0.5) is 0 Å². The number of benzene rings is 1. The van der Waals surface area contributed by atoms with E-state index in [0.29, 0.717) is 16.9 Å². The molecule has 0 bridgehead atoms. The van der Waals surface area contributed by atoms with Crippen LogP contribution in [-0.2, 0) is 13.8 Å². The second-order valence-corrected chi connectivity index (χ2v) is 7.49. The molecule has 0 radical (unpaired) electrons. The standard InChI is InChI=1S/C14H20ClNO4S/c1-5-11(4)16-13(17)8-20-12-6-9(2)14(10(3)7-12)21(15,18)19/h6-7,11H,5,8H2,1-4H3,(H,16,17). The molecule has 7 heteroatoms. The van der Waals surface area contributed by atoms with E-state index in [0.717, 1.165) is 6.42 Å². The van der Waals surface area contributed by atoms with E-state index >= 15 is 0 Å². The molecule has 0 saturated heterocycles. The number of ether oxygens (including phenoxy) is 1. The van der Waals surface area contributed by atoms with Crippen LogP contribution in [0.2, 0.25) is 0 Å². The highest BCUT2D eigenvalue weighted by Gasteiger charge is 2.18. The Bertz CT molecular complexity index is 605. The molecule has 0 fully saturated rings. The van der Waals surface area contributed by atoms with Crippen molar-refractivity contribution < 1.29 is 17.9 Å². The van der Waals surface area contributed by atoms with E-state index in [-0.39, 0.29) is 23.5 Å². The van der Waals surface area contributed by atoms with Gasteiger partial charge in [0.05, 0.1) is 4.90 Å². The lowest BCUT2D eigenvalue weighted by atomic mass is 10.1. The van der Waals surface area contributed by atoms with Crippen molar-refractivity contribution in [1.82, 2.24) is 5.32 Å². The third kappa shape index (κ3) is 5.21. The highest BCUT2D eigenvalue weighted by Crippen LogP contribution is 2.28. The van der Waals surface area contributed by atoms with Gasteiger partial charge in [0.1, 0.15) is 5.75 Å². The van der Waals surface area contributed by atoms with Crippen molar-refractivity contribution in [3.05, 3.63) is 23.3 Å². The molecule has 1 unspecified atom stereocenters. The highest BCUT2D eigenvalue weighted by atomic mass is 35.7. The van der Waals surface area contributed by atoms with Gasteiger partial charge >= 0.3 is 0 Å². The zero-order valence-corrected chi connectivity index (χ0v) is 14.1. The molecule has 0 heterocycles. The van der Waals surface area contributed by atoms with Gasteiger partial charge in [0, 0.05) is 16.7 Å². The number of amides is 1. The van der Waals surface area contributed by atoms with Crippen molar-refractivity contribution in [2.45, 2.75) is 45.1 Å². The van der Waals surface area contributed by atoms with Crippen molar-refractivity contribution in [1.29, 1.82) is 0 Å². The Balaban J connectivity index is 2.81. The fraction of sp³-hybridized carbons (Fsp3) is 0.500. The van der Waals surface area contributed by atoms with Crippen LogP contribution in [-0.4, -0.2) is 27.0 Å². The number of hydrogen-bond donors (Lipinski definition) is 1. The van der Waals surface area contributed by atoms with Crippen LogP contribution in [0.3, 0.4) is 0 Å².